The molecule has 0 radical (unpaired) electrons. The lowest BCUT2D eigenvalue weighted by atomic mass is 9.89. The van der Waals surface area contributed by atoms with Crippen molar-refractivity contribution in [3.05, 3.63) is 18.2 Å². The molecular weight excluding hydrogens is 218 g/mol. The highest BCUT2D eigenvalue weighted by molar-refractivity contribution is 5.95. The Bertz CT molecular complexity index is 413. The van der Waals surface area contributed by atoms with Gasteiger partial charge in [0.25, 0.3) is 0 Å². The Morgan fingerprint density at radius 2 is 2.12 bits per heavy atom. The number of carbonyl (C=O) groups excluding carboxylic acids is 1. The molecule has 17 heavy (non-hydrogen) atoms. The maximum atomic E-state index is 11.9. The van der Waals surface area contributed by atoms with Crippen LogP contribution in [-0.2, 0) is 4.79 Å². The molecule has 1 aromatic rings. The molecule has 4 heteroatoms. The molecule has 1 amide bonds. The summed E-state index contributed by atoms with van der Waals surface area (Å²) in [6, 6.07) is 4.73. The molecule has 0 unspecified atom stereocenters. The van der Waals surface area contributed by atoms with E-state index in [4.69, 9.17) is 4.74 Å². The number of anilines is 1. The van der Waals surface area contributed by atoms with Gasteiger partial charge >= 0.3 is 0 Å². The van der Waals surface area contributed by atoms with Gasteiger partial charge in [0, 0.05) is 17.2 Å². The second-order valence-electron chi connectivity index (χ2n) is 4.58. The smallest absolute Gasteiger partial charge is 0.230 e. The topological polar surface area (TPSA) is 58.6 Å². The Morgan fingerprint density at radius 1 is 1.47 bits per heavy atom. The number of hydrogen-bond donors (Lipinski definition) is 2. The molecule has 2 N–H and O–H groups in total. The molecule has 0 aliphatic rings. The standard InChI is InChI=1S/C13H19NO3/c1-5-13(2,3)12(16)14-9-6-7-10(15)11(8-9)17-4/h6-8,15H,5H2,1-4H3,(H,14,16). The van der Waals surface area contributed by atoms with Crippen LogP contribution in [0.2, 0.25) is 0 Å². The van der Waals surface area contributed by atoms with Gasteiger partial charge in [0.05, 0.1) is 7.11 Å². The number of methoxy groups -OCH3 is 1. The lowest BCUT2D eigenvalue weighted by Gasteiger charge is -2.21. The third-order valence-corrected chi connectivity index (χ3v) is 2.94. The Hall–Kier alpha value is -1.71. The lowest BCUT2D eigenvalue weighted by Crippen LogP contribution is -2.29. The highest BCUT2D eigenvalue weighted by atomic mass is 16.5. The summed E-state index contributed by atoms with van der Waals surface area (Å²) < 4.78 is 4.98. The molecule has 0 heterocycles. The molecule has 0 bridgehead atoms. The second-order valence-corrected chi connectivity index (χ2v) is 4.58. The average Bonchev–Trinajstić information content (AvgIpc) is 2.31. The number of hydrogen-bond acceptors (Lipinski definition) is 3. The quantitative estimate of drug-likeness (QED) is 0.792. The fraction of sp³-hybridized carbons (Fsp3) is 0.462. The van der Waals surface area contributed by atoms with E-state index in [1.807, 2.05) is 20.8 Å². The fourth-order valence-corrected chi connectivity index (χ4v) is 1.22. The van der Waals surface area contributed by atoms with Crippen molar-refractivity contribution in [2.75, 3.05) is 12.4 Å². The minimum atomic E-state index is -0.412. The maximum Gasteiger partial charge on any atom is 0.230 e. The molecule has 0 fully saturated rings. The summed E-state index contributed by atoms with van der Waals surface area (Å²) in [7, 11) is 1.47. The zero-order chi connectivity index (χ0) is 13.1. The minimum absolute atomic E-state index is 0.0484. The second kappa shape index (κ2) is 5.08. The van der Waals surface area contributed by atoms with Gasteiger partial charge in [-0.15, -0.1) is 0 Å². The number of phenols is 1. The van der Waals surface area contributed by atoms with Gasteiger partial charge in [0.2, 0.25) is 5.91 Å². The van der Waals surface area contributed by atoms with Crippen LogP contribution in [0.1, 0.15) is 27.2 Å². The molecule has 0 aromatic heterocycles. The molecule has 1 aromatic carbocycles. The SMILES string of the molecule is CCC(C)(C)C(=O)Nc1ccc(O)c(OC)c1. The maximum absolute atomic E-state index is 11.9. The summed E-state index contributed by atoms with van der Waals surface area (Å²) in [5.74, 6) is 0.352. The Morgan fingerprint density at radius 3 is 2.65 bits per heavy atom. The van der Waals surface area contributed by atoms with Crippen molar-refractivity contribution in [1.82, 2.24) is 0 Å². The zero-order valence-corrected chi connectivity index (χ0v) is 10.7. The Kier molecular flexibility index (Phi) is 3.99. The van der Waals surface area contributed by atoms with E-state index >= 15 is 0 Å². The van der Waals surface area contributed by atoms with Gasteiger partial charge in [0.1, 0.15) is 0 Å². The monoisotopic (exact) mass is 237 g/mol. The Labute approximate surface area is 102 Å². The molecule has 94 valence electrons. The number of phenolic OH excluding ortho intramolecular Hbond substituents is 1. The predicted molar refractivity (Wildman–Crippen MR) is 67.4 cm³/mol. The first-order valence-electron chi connectivity index (χ1n) is 5.59. The number of carbonyl (C=O) groups is 1. The summed E-state index contributed by atoms with van der Waals surface area (Å²) in [6.07, 6.45) is 0.758. The van der Waals surface area contributed by atoms with Crippen molar-refractivity contribution in [1.29, 1.82) is 0 Å². The first-order chi connectivity index (χ1) is 7.90. The van der Waals surface area contributed by atoms with Crippen molar-refractivity contribution >= 4 is 11.6 Å². The van der Waals surface area contributed by atoms with Gasteiger partial charge in [0.15, 0.2) is 11.5 Å². The highest BCUT2D eigenvalue weighted by Crippen LogP contribution is 2.30. The predicted octanol–water partition coefficient (Wildman–Crippen LogP) is 2.78. The average molecular weight is 237 g/mol. The molecule has 0 saturated carbocycles. The molecular formula is C13H19NO3. The van der Waals surface area contributed by atoms with Crippen LogP contribution in [0.15, 0.2) is 18.2 Å². The number of benzene rings is 1. The fourth-order valence-electron chi connectivity index (χ4n) is 1.22. The summed E-state index contributed by atoms with van der Waals surface area (Å²) in [4.78, 5) is 11.9. The van der Waals surface area contributed by atoms with Crippen molar-refractivity contribution in [3.8, 4) is 11.5 Å². The van der Waals surface area contributed by atoms with E-state index in [1.165, 1.54) is 13.2 Å². The van der Waals surface area contributed by atoms with Gasteiger partial charge < -0.3 is 15.2 Å². The van der Waals surface area contributed by atoms with Gasteiger partial charge in [-0.1, -0.05) is 20.8 Å². The van der Waals surface area contributed by atoms with Crippen molar-refractivity contribution in [2.24, 2.45) is 5.41 Å². The van der Waals surface area contributed by atoms with E-state index in [9.17, 15) is 9.90 Å². The van der Waals surface area contributed by atoms with Crippen LogP contribution >= 0.6 is 0 Å². The van der Waals surface area contributed by atoms with Crippen LogP contribution < -0.4 is 10.1 Å². The van der Waals surface area contributed by atoms with E-state index in [-0.39, 0.29) is 11.7 Å². The van der Waals surface area contributed by atoms with Crippen LogP contribution in [0.25, 0.3) is 0 Å². The molecule has 0 aliphatic heterocycles. The summed E-state index contributed by atoms with van der Waals surface area (Å²) in [5.41, 5.74) is 0.205. The normalized spacial score (nSPS) is 11.1. The lowest BCUT2D eigenvalue weighted by molar-refractivity contribution is -0.124. The first kappa shape index (κ1) is 13.4. The van der Waals surface area contributed by atoms with E-state index < -0.39 is 5.41 Å². The molecule has 1 rings (SSSR count). The zero-order valence-electron chi connectivity index (χ0n) is 10.7. The number of amides is 1. The van der Waals surface area contributed by atoms with Gasteiger partial charge in [-0.05, 0) is 18.6 Å². The summed E-state index contributed by atoms with van der Waals surface area (Å²) >= 11 is 0. The number of ether oxygens (including phenoxy) is 1. The number of nitrogens with one attached hydrogen (secondary N) is 1. The van der Waals surface area contributed by atoms with Crippen LogP contribution in [0.3, 0.4) is 0 Å². The molecule has 0 saturated heterocycles. The van der Waals surface area contributed by atoms with Gasteiger partial charge in [-0.25, -0.2) is 0 Å². The third kappa shape index (κ3) is 3.12. The van der Waals surface area contributed by atoms with E-state index in [0.29, 0.717) is 11.4 Å². The van der Waals surface area contributed by atoms with E-state index in [2.05, 4.69) is 5.32 Å². The van der Waals surface area contributed by atoms with Crippen LogP contribution in [0.4, 0.5) is 5.69 Å². The number of rotatable bonds is 4. The molecule has 4 nitrogen and oxygen atoms in total. The third-order valence-electron chi connectivity index (χ3n) is 2.94. The Balaban J connectivity index is 2.86. The minimum Gasteiger partial charge on any atom is -0.504 e. The summed E-state index contributed by atoms with van der Waals surface area (Å²) in [5, 5.41) is 12.2. The van der Waals surface area contributed by atoms with Crippen molar-refractivity contribution < 1.29 is 14.6 Å². The first-order valence-corrected chi connectivity index (χ1v) is 5.59. The van der Waals surface area contributed by atoms with Gasteiger partial charge in [-0.2, -0.15) is 0 Å². The largest absolute Gasteiger partial charge is 0.504 e. The van der Waals surface area contributed by atoms with Crippen LogP contribution in [0.5, 0.6) is 11.5 Å². The van der Waals surface area contributed by atoms with Crippen molar-refractivity contribution in [2.45, 2.75) is 27.2 Å². The van der Waals surface area contributed by atoms with Gasteiger partial charge in [-0.3, -0.25) is 4.79 Å². The number of aromatic hydroxyl groups is 1. The van der Waals surface area contributed by atoms with E-state index in [1.54, 1.807) is 12.1 Å². The summed E-state index contributed by atoms with van der Waals surface area (Å²) in [6.45, 7) is 5.75. The van der Waals surface area contributed by atoms with E-state index in [0.717, 1.165) is 6.42 Å². The molecule has 0 spiro atoms. The van der Waals surface area contributed by atoms with Crippen LogP contribution in [-0.4, -0.2) is 18.1 Å². The highest BCUT2D eigenvalue weighted by Gasteiger charge is 2.25. The molecule has 0 aliphatic carbocycles. The van der Waals surface area contributed by atoms with Crippen molar-refractivity contribution in [3.63, 3.8) is 0 Å². The van der Waals surface area contributed by atoms with Crippen LogP contribution in [0, 0.1) is 5.41 Å². The molecule has 0 atom stereocenters.